The first-order chi connectivity index (χ1) is 13.3. The summed E-state index contributed by atoms with van der Waals surface area (Å²) in [6, 6.07) is 0. The van der Waals surface area contributed by atoms with Gasteiger partial charge in [-0.05, 0) is 91.8 Å². The van der Waals surface area contributed by atoms with Crippen LogP contribution in [0.3, 0.4) is 0 Å². The van der Waals surface area contributed by atoms with Gasteiger partial charge >= 0.3 is 0 Å². The Kier molecular flexibility index (Phi) is 3.03. The van der Waals surface area contributed by atoms with Crippen molar-refractivity contribution in [3.05, 3.63) is 0 Å². The molecule has 0 aromatic heterocycles. The monoisotopic (exact) mass is 388 g/mol. The minimum Gasteiger partial charge on any atom is -0.393 e. The van der Waals surface area contributed by atoms with Crippen molar-refractivity contribution in [1.82, 2.24) is 0 Å². The maximum Gasteiger partial charge on any atom is 0.155 e. The predicted molar refractivity (Wildman–Crippen MR) is 103 cm³/mol. The van der Waals surface area contributed by atoms with E-state index in [4.69, 9.17) is 4.74 Å². The second kappa shape index (κ2) is 4.84. The van der Waals surface area contributed by atoms with Gasteiger partial charge in [-0.25, -0.2) is 0 Å². The summed E-state index contributed by atoms with van der Waals surface area (Å²) < 4.78 is 6.40. The number of fused-ring (bicyclic) bond motifs is 12. The number of rotatable bonds is 0. The fourth-order valence-electron chi connectivity index (χ4n) is 10.7. The lowest BCUT2D eigenvalue weighted by Gasteiger charge is -2.65. The number of hydrogen-bond donors (Lipinski definition) is 3. The molecule has 6 saturated carbocycles. The van der Waals surface area contributed by atoms with Gasteiger partial charge < -0.3 is 20.1 Å². The average Bonchev–Trinajstić information content (AvgIpc) is 3.54. The molecule has 0 aromatic rings. The molecule has 28 heavy (non-hydrogen) atoms. The van der Waals surface area contributed by atoms with Gasteiger partial charge in [0.25, 0.3) is 0 Å². The lowest BCUT2D eigenvalue weighted by molar-refractivity contribution is -0.247. The standard InChI is InChI=1S/C24H36O4/c1-21-6-3-12(25)11-23(21,27)16-9-13(16)19-15(21)4-7-22(2)20(19)14-10-17(14)24(22)8-5-18(26)28-24/h12-20,25-27H,3-11H2,1-2H3/t12-,13-,14+,15?,16+,17-,18?,19?,20?,21+,22-,23+,24-/m0/s1. The molecule has 3 N–H and O–H groups in total. The molecule has 1 aliphatic heterocycles. The van der Waals surface area contributed by atoms with E-state index in [1.807, 2.05) is 0 Å². The van der Waals surface area contributed by atoms with Gasteiger partial charge in [-0.3, -0.25) is 0 Å². The first-order valence-corrected chi connectivity index (χ1v) is 12.0. The zero-order valence-corrected chi connectivity index (χ0v) is 17.3. The third-order valence-corrected chi connectivity index (χ3v) is 11.9. The van der Waals surface area contributed by atoms with Gasteiger partial charge in [0, 0.05) is 18.3 Å². The van der Waals surface area contributed by atoms with Crippen LogP contribution in [0.4, 0.5) is 0 Å². The van der Waals surface area contributed by atoms with E-state index in [-0.39, 0.29) is 22.5 Å². The second-order valence-corrected chi connectivity index (χ2v) is 12.4. The van der Waals surface area contributed by atoms with Crippen LogP contribution in [0.2, 0.25) is 0 Å². The third-order valence-electron chi connectivity index (χ3n) is 11.9. The van der Waals surface area contributed by atoms with E-state index in [1.165, 1.54) is 25.7 Å². The van der Waals surface area contributed by atoms with Crippen LogP contribution in [0.15, 0.2) is 0 Å². The van der Waals surface area contributed by atoms with Crippen LogP contribution >= 0.6 is 0 Å². The van der Waals surface area contributed by atoms with Crippen LogP contribution in [0.25, 0.3) is 0 Å². The first-order valence-electron chi connectivity index (χ1n) is 12.0. The molecule has 6 aliphatic carbocycles. The summed E-state index contributed by atoms with van der Waals surface area (Å²) in [4.78, 5) is 0. The molecule has 7 rings (SSSR count). The Hall–Kier alpha value is -0.160. The van der Waals surface area contributed by atoms with E-state index in [0.717, 1.165) is 37.5 Å². The summed E-state index contributed by atoms with van der Waals surface area (Å²) in [5, 5.41) is 32.5. The van der Waals surface area contributed by atoms with E-state index in [1.54, 1.807) is 0 Å². The Balaban J connectivity index is 1.31. The smallest absolute Gasteiger partial charge is 0.155 e. The SMILES string of the molecule is C[C@]12CCC3C(C1[C@@H]1C[C@@H]1[C@@]21CCC(O)O1)[C@H]1C[C@H]1[C@]1(O)C[C@@H](O)CC[C@]31C. The van der Waals surface area contributed by atoms with Crippen molar-refractivity contribution in [3.8, 4) is 0 Å². The van der Waals surface area contributed by atoms with E-state index in [9.17, 15) is 15.3 Å². The summed E-state index contributed by atoms with van der Waals surface area (Å²) in [6.45, 7) is 4.88. The zero-order chi connectivity index (χ0) is 19.3. The Labute approximate surface area is 168 Å². The summed E-state index contributed by atoms with van der Waals surface area (Å²) in [5.41, 5.74) is -0.559. The molecule has 4 nitrogen and oxygen atoms in total. The Bertz CT molecular complexity index is 740. The Morgan fingerprint density at radius 2 is 1.57 bits per heavy atom. The van der Waals surface area contributed by atoms with Gasteiger partial charge in [-0.2, -0.15) is 0 Å². The molecular weight excluding hydrogens is 352 g/mol. The van der Waals surface area contributed by atoms with Crippen LogP contribution < -0.4 is 0 Å². The lowest BCUT2D eigenvalue weighted by Crippen LogP contribution is -2.65. The maximum atomic E-state index is 11.9. The highest BCUT2D eigenvalue weighted by Crippen LogP contribution is 2.83. The van der Waals surface area contributed by atoms with Crippen molar-refractivity contribution in [2.75, 3.05) is 0 Å². The van der Waals surface area contributed by atoms with Crippen LogP contribution in [-0.2, 0) is 4.74 Å². The Morgan fingerprint density at radius 3 is 2.32 bits per heavy atom. The Morgan fingerprint density at radius 1 is 0.821 bits per heavy atom. The van der Waals surface area contributed by atoms with Crippen molar-refractivity contribution < 1.29 is 20.1 Å². The second-order valence-electron chi connectivity index (χ2n) is 12.4. The summed E-state index contributed by atoms with van der Waals surface area (Å²) in [5.74, 6) is 4.53. The average molecular weight is 389 g/mol. The van der Waals surface area contributed by atoms with E-state index >= 15 is 0 Å². The highest BCUT2D eigenvalue weighted by atomic mass is 16.6. The van der Waals surface area contributed by atoms with Crippen molar-refractivity contribution in [2.24, 2.45) is 52.3 Å². The molecule has 0 radical (unpaired) electrons. The highest BCUT2D eigenvalue weighted by Gasteiger charge is 2.82. The molecule has 1 heterocycles. The minimum atomic E-state index is -0.649. The molecule has 4 heteroatoms. The molecule has 156 valence electrons. The van der Waals surface area contributed by atoms with Gasteiger partial charge in [-0.1, -0.05) is 13.8 Å². The number of aliphatic hydroxyl groups is 3. The van der Waals surface area contributed by atoms with Gasteiger partial charge in [0.05, 0.1) is 17.3 Å². The molecule has 1 saturated heterocycles. The van der Waals surface area contributed by atoms with Crippen LogP contribution in [-0.4, -0.2) is 38.9 Å². The largest absolute Gasteiger partial charge is 0.393 e. The minimum absolute atomic E-state index is 0.0356. The first kappa shape index (κ1) is 17.5. The van der Waals surface area contributed by atoms with Crippen molar-refractivity contribution >= 4 is 0 Å². The molecule has 13 atom stereocenters. The zero-order valence-electron chi connectivity index (χ0n) is 17.3. The van der Waals surface area contributed by atoms with Crippen LogP contribution in [0.5, 0.6) is 0 Å². The fourth-order valence-corrected chi connectivity index (χ4v) is 10.7. The van der Waals surface area contributed by atoms with E-state index < -0.39 is 11.9 Å². The maximum absolute atomic E-state index is 11.9. The van der Waals surface area contributed by atoms with E-state index in [2.05, 4.69) is 13.8 Å². The molecule has 7 aliphatic rings. The molecule has 1 spiro atoms. The van der Waals surface area contributed by atoms with Crippen molar-refractivity contribution in [1.29, 1.82) is 0 Å². The van der Waals surface area contributed by atoms with Crippen LogP contribution in [0, 0.1) is 52.3 Å². The molecular formula is C24H36O4. The highest BCUT2D eigenvalue weighted by molar-refractivity contribution is 5.30. The third kappa shape index (κ3) is 1.67. The van der Waals surface area contributed by atoms with Gasteiger partial charge in [0.1, 0.15) is 0 Å². The summed E-state index contributed by atoms with van der Waals surface area (Å²) >= 11 is 0. The summed E-state index contributed by atoms with van der Waals surface area (Å²) in [6.07, 6.45) is 8.25. The van der Waals surface area contributed by atoms with Crippen molar-refractivity contribution in [3.63, 3.8) is 0 Å². The molecule has 7 fully saturated rings. The van der Waals surface area contributed by atoms with E-state index in [0.29, 0.717) is 36.0 Å². The molecule has 4 unspecified atom stereocenters. The normalized spacial score (nSPS) is 71.2. The quantitative estimate of drug-likeness (QED) is 0.596. The molecule has 0 bridgehead atoms. The topological polar surface area (TPSA) is 69.9 Å². The summed E-state index contributed by atoms with van der Waals surface area (Å²) in [7, 11) is 0. The fraction of sp³-hybridized carbons (Fsp3) is 1.00. The predicted octanol–water partition coefficient (Wildman–Crippen LogP) is 3.08. The van der Waals surface area contributed by atoms with Gasteiger partial charge in [0.15, 0.2) is 6.29 Å². The molecule has 0 amide bonds. The number of aliphatic hydroxyl groups excluding tert-OH is 2. The van der Waals surface area contributed by atoms with Crippen molar-refractivity contribution in [2.45, 2.75) is 95.2 Å². The lowest BCUT2D eigenvalue weighted by atomic mass is 9.42. The number of hydrogen-bond acceptors (Lipinski definition) is 4. The van der Waals surface area contributed by atoms with Gasteiger partial charge in [0.2, 0.25) is 0 Å². The van der Waals surface area contributed by atoms with Gasteiger partial charge in [-0.15, -0.1) is 0 Å². The van der Waals surface area contributed by atoms with Crippen LogP contribution in [0.1, 0.15) is 71.6 Å². The number of ether oxygens (including phenoxy) is 1. The molecule has 0 aromatic carbocycles.